The zero-order valence-corrected chi connectivity index (χ0v) is 11.5. The van der Waals surface area contributed by atoms with Crippen LogP contribution in [0.4, 0.5) is 0 Å². The molecule has 0 bridgehead atoms. The minimum Gasteiger partial charge on any atom is -0.497 e. The first-order chi connectivity index (χ1) is 9.72. The van der Waals surface area contributed by atoms with E-state index in [0.29, 0.717) is 5.56 Å². The monoisotopic (exact) mass is 268 g/mol. The Balaban J connectivity index is 2.16. The van der Waals surface area contributed by atoms with Gasteiger partial charge in [0.1, 0.15) is 5.75 Å². The maximum absolute atomic E-state index is 11.5. The number of carbonyl (C=O) groups excluding carboxylic acids is 1. The van der Waals surface area contributed by atoms with Crippen LogP contribution >= 0.6 is 0 Å². The lowest BCUT2D eigenvalue weighted by atomic mass is 10.1. The first-order valence-corrected chi connectivity index (χ1v) is 6.23. The Morgan fingerprint density at radius 2 is 1.65 bits per heavy atom. The van der Waals surface area contributed by atoms with Crippen molar-refractivity contribution in [1.82, 2.24) is 0 Å². The second-order valence-electron chi connectivity index (χ2n) is 4.22. The summed E-state index contributed by atoms with van der Waals surface area (Å²) in [5, 5.41) is 0. The molecule has 20 heavy (non-hydrogen) atoms. The van der Waals surface area contributed by atoms with E-state index in [4.69, 9.17) is 9.47 Å². The number of hydrogen-bond acceptors (Lipinski definition) is 3. The van der Waals surface area contributed by atoms with Gasteiger partial charge in [0.25, 0.3) is 0 Å². The molecule has 0 radical (unpaired) electrons. The molecule has 0 N–H and O–H groups in total. The number of esters is 1. The normalized spacial score (nSPS) is 10.5. The van der Waals surface area contributed by atoms with E-state index >= 15 is 0 Å². The summed E-state index contributed by atoms with van der Waals surface area (Å²) >= 11 is 0. The highest BCUT2D eigenvalue weighted by molar-refractivity contribution is 5.90. The Labute approximate surface area is 118 Å². The quantitative estimate of drug-likeness (QED) is 0.627. The molecule has 0 amide bonds. The largest absolute Gasteiger partial charge is 0.497 e. The van der Waals surface area contributed by atoms with E-state index < -0.39 is 0 Å². The van der Waals surface area contributed by atoms with Crippen LogP contribution in [-0.2, 0) is 4.74 Å². The molecule has 3 nitrogen and oxygen atoms in total. The Morgan fingerprint density at radius 3 is 2.30 bits per heavy atom. The molecule has 0 fully saturated rings. The van der Waals surface area contributed by atoms with Gasteiger partial charge in [-0.05, 0) is 35.4 Å². The maximum atomic E-state index is 11.5. The molecule has 3 heteroatoms. The standard InChI is InChI=1S/C17H16O3/c1-19-16-10-8-13(9-11-16)6-7-14-4-3-5-15(12-14)17(18)20-2/h3-12H,1-2H3/b7-6+. The molecule has 0 aliphatic heterocycles. The minimum atomic E-state index is -0.329. The summed E-state index contributed by atoms with van der Waals surface area (Å²) in [6.07, 6.45) is 3.93. The van der Waals surface area contributed by atoms with Gasteiger partial charge in [-0.15, -0.1) is 0 Å². The van der Waals surface area contributed by atoms with Gasteiger partial charge < -0.3 is 9.47 Å². The molecule has 0 saturated carbocycles. The smallest absolute Gasteiger partial charge is 0.337 e. The van der Waals surface area contributed by atoms with Crippen molar-refractivity contribution in [3.63, 3.8) is 0 Å². The van der Waals surface area contributed by atoms with Gasteiger partial charge in [-0.1, -0.05) is 36.4 Å². The fourth-order valence-electron chi connectivity index (χ4n) is 1.79. The SMILES string of the molecule is COC(=O)c1cccc(/C=C/c2ccc(OC)cc2)c1. The highest BCUT2D eigenvalue weighted by Gasteiger charge is 2.03. The molecule has 0 atom stereocenters. The lowest BCUT2D eigenvalue weighted by Crippen LogP contribution is -2.00. The van der Waals surface area contributed by atoms with Crippen molar-refractivity contribution in [2.45, 2.75) is 0 Å². The Hall–Kier alpha value is -2.55. The van der Waals surface area contributed by atoms with Gasteiger partial charge in [0.2, 0.25) is 0 Å². The van der Waals surface area contributed by atoms with E-state index in [2.05, 4.69) is 0 Å². The number of ether oxygens (including phenoxy) is 2. The number of methoxy groups -OCH3 is 2. The van der Waals surface area contributed by atoms with Gasteiger partial charge in [0, 0.05) is 0 Å². The Kier molecular flexibility index (Phi) is 4.56. The molecular formula is C17H16O3. The van der Waals surface area contributed by atoms with Gasteiger partial charge in [0.15, 0.2) is 0 Å². The Bertz CT molecular complexity index is 612. The van der Waals surface area contributed by atoms with Gasteiger partial charge >= 0.3 is 5.97 Å². The van der Waals surface area contributed by atoms with Gasteiger partial charge in [-0.3, -0.25) is 0 Å². The van der Waals surface area contributed by atoms with Crippen LogP contribution in [0, 0.1) is 0 Å². The fourth-order valence-corrected chi connectivity index (χ4v) is 1.79. The molecular weight excluding hydrogens is 252 g/mol. The summed E-state index contributed by atoms with van der Waals surface area (Å²) in [5.74, 6) is 0.500. The third kappa shape index (κ3) is 3.48. The van der Waals surface area contributed by atoms with E-state index in [1.54, 1.807) is 19.2 Å². The number of rotatable bonds is 4. The summed E-state index contributed by atoms with van der Waals surface area (Å²) in [6.45, 7) is 0. The average molecular weight is 268 g/mol. The zero-order chi connectivity index (χ0) is 14.4. The van der Waals surface area contributed by atoms with Crippen LogP contribution in [0.3, 0.4) is 0 Å². The van der Waals surface area contributed by atoms with Crippen LogP contribution in [0.25, 0.3) is 12.2 Å². The lowest BCUT2D eigenvalue weighted by Gasteiger charge is -2.01. The van der Waals surface area contributed by atoms with E-state index in [9.17, 15) is 4.79 Å². The molecule has 0 aromatic heterocycles. The third-order valence-electron chi connectivity index (χ3n) is 2.89. The highest BCUT2D eigenvalue weighted by atomic mass is 16.5. The van der Waals surface area contributed by atoms with Crippen LogP contribution in [0.15, 0.2) is 48.5 Å². The van der Waals surface area contributed by atoms with E-state index in [1.807, 2.05) is 48.6 Å². The van der Waals surface area contributed by atoms with E-state index in [-0.39, 0.29) is 5.97 Å². The fraction of sp³-hybridized carbons (Fsp3) is 0.118. The topological polar surface area (TPSA) is 35.5 Å². The first-order valence-electron chi connectivity index (χ1n) is 6.23. The van der Waals surface area contributed by atoms with Crippen molar-refractivity contribution in [2.75, 3.05) is 14.2 Å². The lowest BCUT2D eigenvalue weighted by molar-refractivity contribution is 0.0600. The summed E-state index contributed by atoms with van der Waals surface area (Å²) in [5.41, 5.74) is 2.56. The highest BCUT2D eigenvalue weighted by Crippen LogP contribution is 2.14. The first kappa shape index (κ1) is 13.9. The number of hydrogen-bond donors (Lipinski definition) is 0. The van der Waals surface area contributed by atoms with Gasteiger partial charge in [0.05, 0.1) is 19.8 Å². The van der Waals surface area contributed by atoms with Crippen LogP contribution in [0.5, 0.6) is 5.75 Å². The van der Waals surface area contributed by atoms with Crippen LogP contribution in [-0.4, -0.2) is 20.2 Å². The van der Waals surface area contributed by atoms with Crippen molar-refractivity contribution in [3.8, 4) is 5.75 Å². The molecule has 0 heterocycles. The van der Waals surface area contributed by atoms with Crippen LogP contribution in [0.2, 0.25) is 0 Å². The van der Waals surface area contributed by atoms with E-state index in [1.165, 1.54) is 7.11 Å². The van der Waals surface area contributed by atoms with Crippen molar-refractivity contribution < 1.29 is 14.3 Å². The molecule has 2 rings (SSSR count). The maximum Gasteiger partial charge on any atom is 0.337 e. The second kappa shape index (κ2) is 6.57. The van der Waals surface area contributed by atoms with Crippen molar-refractivity contribution in [1.29, 1.82) is 0 Å². The Morgan fingerprint density at radius 1 is 0.950 bits per heavy atom. The average Bonchev–Trinajstić information content (AvgIpc) is 2.53. The van der Waals surface area contributed by atoms with Crippen LogP contribution in [0.1, 0.15) is 21.5 Å². The number of carbonyl (C=O) groups is 1. The summed E-state index contributed by atoms with van der Waals surface area (Å²) in [7, 11) is 3.02. The van der Waals surface area contributed by atoms with Crippen molar-refractivity contribution in [3.05, 3.63) is 65.2 Å². The molecule has 2 aromatic rings. The molecule has 0 unspecified atom stereocenters. The van der Waals surface area contributed by atoms with E-state index in [0.717, 1.165) is 16.9 Å². The molecule has 0 saturated heterocycles. The second-order valence-corrected chi connectivity index (χ2v) is 4.22. The summed E-state index contributed by atoms with van der Waals surface area (Å²) in [6, 6.07) is 15.1. The van der Waals surface area contributed by atoms with Crippen molar-refractivity contribution >= 4 is 18.1 Å². The van der Waals surface area contributed by atoms with Gasteiger partial charge in [-0.25, -0.2) is 4.79 Å². The predicted molar refractivity (Wildman–Crippen MR) is 79.7 cm³/mol. The third-order valence-corrected chi connectivity index (χ3v) is 2.89. The molecule has 0 aliphatic rings. The predicted octanol–water partition coefficient (Wildman–Crippen LogP) is 3.65. The zero-order valence-electron chi connectivity index (χ0n) is 11.5. The van der Waals surface area contributed by atoms with Crippen LogP contribution < -0.4 is 4.74 Å². The molecule has 2 aromatic carbocycles. The summed E-state index contributed by atoms with van der Waals surface area (Å²) < 4.78 is 9.81. The van der Waals surface area contributed by atoms with Gasteiger partial charge in [-0.2, -0.15) is 0 Å². The minimum absolute atomic E-state index is 0.329. The number of benzene rings is 2. The molecule has 102 valence electrons. The summed E-state index contributed by atoms with van der Waals surface area (Å²) in [4.78, 5) is 11.5. The molecule has 0 spiro atoms. The molecule has 0 aliphatic carbocycles. The van der Waals surface area contributed by atoms with Crippen molar-refractivity contribution in [2.24, 2.45) is 0 Å².